The minimum atomic E-state index is -0.631. The Morgan fingerprint density at radius 2 is 2.30 bits per heavy atom. The topological polar surface area (TPSA) is 65.9 Å². The van der Waals surface area contributed by atoms with Crippen molar-refractivity contribution in [1.82, 2.24) is 10.6 Å². The number of aliphatic imine (C=N–C) groups is 1. The highest BCUT2D eigenvalue weighted by Gasteiger charge is 2.45. The largest absolute Gasteiger partial charge is 0.387 e. The highest BCUT2D eigenvalue weighted by atomic mass is 32.2. The van der Waals surface area contributed by atoms with E-state index < -0.39 is 5.60 Å². The third kappa shape index (κ3) is 5.14. The molecule has 3 atom stereocenters. The second-order valence-electron chi connectivity index (χ2n) is 5.28. The Kier molecular flexibility index (Phi) is 7.69. The van der Waals surface area contributed by atoms with Crippen molar-refractivity contribution in [1.29, 1.82) is 0 Å². The zero-order chi connectivity index (χ0) is 15.0. The zero-order valence-electron chi connectivity index (χ0n) is 13.1. The van der Waals surface area contributed by atoms with Crippen LogP contribution in [0.15, 0.2) is 4.99 Å². The minimum Gasteiger partial charge on any atom is -0.387 e. The van der Waals surface area contributed by atoms with Gasteiger partial charge in [0.15, 0.2) is 5.96 Å². The van der Waals surface area contributed by atoms with Crippen molar-refractivity contribution in [2.24, 2.45) is 4.99 Å². The van der Waals surface area contributed by atoms with Crippen molar-refractivity contribution in [2.45, 2.75) is 50.5 Å². The number of nitrogens with zero attached hydrogens (tertiary/aromatic N) is 1. The van der Waals surface area contributed by atoms with E-state index in [1.807, 2.05) is 25.6 Å². The fraction of sp³-hybridized carbons (Fsp3) is 0.929. The van der Waals surface area contributed by atoms with Gasteiger partial charge in [0.2, 0.25) is 0 Å². The first kappa shape index (κ1) is 17.6. The first-order valence-corrected chi connectivity index (χ1v) is 8.48. The van der Waals surface area contributed by atoms with Gasteiger partial charge in [-0.1, -0.05) is 6.92 Å². The van der Waals surface area contributed by atoms with Gasteiger partial charge in [0.25, 0.3) is 0 Å². The van der Waals surface area contributed by atoms with Crippen molar-refractivity contribution in [3.8, 4) is 0 Å². The Morgan fingerprint density at radius 3 is 2.80 bits per heavy atom. The third-order valence-corrected chi connectivity index (χ3v) is 4.87. The summed E-state index contributed by atoms with van der Waals surface area (Å²) in [7, 11) is 1.69. The van der Waals surface area contributed by atoms with Gasteiger partial charge in [-0.15, -0.1) is 0 Å². The molecule has 6 heteroatoms. The van der Waals surface area contributed by atoms with Gasteiger partial charge < -0.3 is 20.5 Å². The lowest BCUT2D eigenvalue weighted by Gasteiger charge is -2.44. The third-order valence-electron chi connectivity index (χ3n) is 3.46. The van der Waals surface area contributed by atoms with Crippen LogP contribution in [-0.4, -0.2) is 60.5 Å². The van der Waals surface area contributed by atoms with Gasteiger partial charge in [-0.25, -0.2) is 0 Å². The smallest absolute Gasteiger partial charge is 0.191 e. The van der Waals surface area contributed by atoms with Crippen LogP contribution in [0.1, 0.15) is 33.6 Å². The molecule has 1 saturated carbocycles. The molecule has 1 aliphatic rings. The van der Waals surface area contributed by atoms with E-state index in [4.69, 9.17) is 4.74 Å². The Morgan fingerprint density at radius 1 is 1.55 bits per heavy atom. The molecule has 0 aromatic carbocycles. The monoisotopic (exact) mass is 303 g/mol. The summed E-state index contributed by atoms with van der Waals surface area (Å²) in [4.78, 5) is 4.54. The summed E-state index contributed by atoms with van der Waals surface area (Å²) in [5.41, 5.74) is -0.631. The number of methoxy groups -OCH3 is 1. The summed E-state index contributed by atoms with van der Waals surface area (Å²) in [5, 5.41) is 17.4. The molecule has 0 aliphatic heterocycles. The van der Waals surface area contributed by atoms with E-state index in [0.29, 0.717) is 18.4 Å². The maximum atomic E-state index is 10.5. The lowest BCUT2D eigenvalue weighted by Crippen LogP contribution is -2.53. The molecule has 1 rings (SSSR count). The zero-order valence-corrected chi connectivity index (χ0v) is 13.9. The number of ether oxygens (including phenoxy) is 1. The molecule has 1 aliphatic carbocycles. The van der Waals surface area contributed by atoms with Gasteiger partial charge in [-0.3, -0.25) is 4.99 Å². The van der Waals surface area contributed by atoms with E-state index in [9.17, 15) is 5.11 Å². The number of thioether (sulfide) groups is 1. The van der Waals surface area contributed by atoms with Gasteiger partial charge in [-0.05, 0) is 32.4 Å². The van der Waals surface area contributed by atoms with Crippen LogP contribution in [-0.2, 0) is 4.74 Å². The number of rotatable bonds is 8. The molecule has 0 bridgehead atoms. The number of aliphatic hydroxyl groups is 1. The summed E-state index contributed by atoms with van der Waals surface area (Å²) >= 11 is 1.83. The van der Waals surface area contributed by atoms with E-state index in [1.54, 1.807) is 7.11 Å². The first-order chi connectivity index (χ1) is 9.55. The summed E-state index contributed by atoms with van der Waals surface area (Å²) in [5.74, 6) is 1.79. The molecule has 5 nitrogen and oxygen atoms in total. The Balaban J connectivity index is 2.53. The lowest BCUT2D eigenvalue weighted by molar-refractivity contribution is -0.0154. The number of hydrogen-bond donors (Lipinski definition) is 3. The normalized spacial score (nSPS) is 27.9. The van der Waals surface area contributed by atoms with Gasteiger partial charge in [0, 0.05) is 24.9 Å². The fourth-order valence-corrected chi connectivity index (χ4v) is 3.47. The Labute approximate surface area is 127 Å². The highest BCUT2D eigenvalue weighted by Crippen LogP contribution is 2.41. The van der Waals surface area contributed by atoms with Crippen LogP contribution < -0.4 is 10.6 Å². The standard InChI is InChI=1S/C14H29N3O2S/c1-5-15-13(17-11(3)9-19-4)16-10-14(18)8-7-12(14)20-6-2/h11-12,18H,5-10H2,1-4H3,(H2,15,16,17). The van der Waals surface area contributed by atoms with Crippen LogP contribution in [0, 0.1) is 0 Å². The second-order valence-corrected chi connectivity index (χ2v) is 6.76. The first-order valence-electron chi connectivity index (χ1n) is 7.43. The molecule has 1 fully saturated rings. The average molecular weight is 303 g/mol. The summed E-state index contributed by atoms with van der Waals surface area (Å²) in [6.45, 7) is 8.10. The summed E-state index contributed by atoms with van der Waals surface area (Å²) in [6, 6.07) is 0.189. The molecule has 0 aromatic rings. The predicted molar refractivity (Wildman–Crippen MR) is 86.6 cm³/mol. The van der Waals surface area contributed by atoms with Gasteiger partial charge in [0.05, 0.1) is 18.8 Å². The average Bonchev–Trinajstić information content (AvgIpc) is 2.41. The van der Waals surface area contributed by atoms with Gasteiger partial charge >= 0.3 is 0 Å². The van der Waals surface area contributed by atoms with E-state index in [1.165, 1.54) is 0 Å². The Hall–Kier alpha value is -0.460. The minimum absolute atomic E-state index is 0.189. The van der Waals surface area contributed by atoms with Crippen molar-refractivity contribution in [3.05, 3.63) is 0 Å². The lowest BCUT2D eigenvalue weighted by atomic mass is 9.79. The van der Waals surface area contributed by atoms with Crippen LogP contribution in [0.4, 0.5) is 0 Å². The predicted octanol–water partition coefficient (Wildman–Crippen LogP) is 1.22. The molecule has 0 saturated heterocycles. The molecular weight excluding hydrogens is 274 g/mol. The molecule has 118 valence electrons. The molecule has 20 heavy (non-hydrogen) atoms. The summed E-state index contributed by atoms with van der Waals surface area (Å²) < 4.78 is 5.11. The van der Waals surface area contributed by atoms with Crippen LogP contribution in [0.25, 0.3) is 0 Å². The molecular formula is C14H29N3O2S. The van der Waals surface area contributed by atoms with Crippen LogP contribution in [0.3, 0.4) is 0 Å². The number of nitrogens with one attached hydrogen (secondary N) is 2. The molecule has 0 radical (unpaired) electrons. The summed E-state index contributed by atoms with van der Waals surface area (Å²) in [6.07, 6.45) is 1.94. The molecule has 0 heterocycles. The van der Waals surface area contributed by atoms with Crippen LogP contribution >= 0.6 is 11.8 Å². The maximum Gasteiger partial charge on any atom is 0.191 e. The van der Waals surface area contributed by atoms with Gasteiger partial charge in [-0.2, -0.15) is 11.8 Å². The second kappa shape index (κ2) is 8.74. The van der Waals surface area contributed by atoms with Crippen molar-refractivity contribution >= 4 is 17.7 Å². The Bertz CT molecular complexity index is 315. The van der Waals surface area contributed by atoms with Crippen LogP contribution in [0.2, 0.25) is 0 Å². The fourth-order valence-electron chi connectivity index (χ4n) is 2.28. The highest BCUT2D eigenvalue weighted by molar-refractivity contribution is 8.00. The molecule has 3 unspecified atom stereocenters. The van der Waals surface area contributed by atoms with Crippen molar-refractivity contribution in [2.75, 3.05) is 32.6 Å². The quantitative estimate of drug-likeness (QED) is 0.465. The molecule has 0 aromatic heterocycles. The van der Waals surface area contributed by atoms with E-state index in [0.717, 1.165) is 31.1 Å². The molecule has 3 N–H and O–H groups in total. The molecule has 0 amide bonds. The van der Waals surface area contributed by atoms with Crippen LogP contribution in [0.5, 0.6) is 0 Å². The maximum absolute atomic E-state index is 10.5. The van der Waals surface area contributed by atoms with Gasteiger partial charge in [0.1, 0.15) is 0 Å². The number of guanidine groups is 1. The van der Waals surface area contributed by atoms with Crippen molar-refractivity contribution < 1.29 is 9.84 Å². The SMILES string of the molecule is CCNC(=NCC1(O)CCC1SCC)NC(C)COC. The number of hydrogen-bond acceptors (Lipinski definition) is 4. The van der Waals surface area contributed by atoms with Crippen molar-refractivity contribution in [3.63, 3.8) is 0 Å². The van der Waals surface area contributed by atoms with E-state index in [-0.39, 0.29) is 6.04 Å². The van der Waals surface area contributed by atoms with E-state index >= 15 is 0 Å². The molecule has 0 spiro atoms. The van der Waals surface area contributed by atoms with E-state index in [2.05, 4.69) is 22.5 Å².